The van der Waals surface area contributed by atoms with Crippen LogP contribution < -0.4 is 10.2 Å². The Labute approximate surface area is 153 Å². The van der Waals surface area contributed by atoms with Gasteiger partial charge in [-0.3, -0.25) is 4.79 Å². The number of pyridine rings is 1. The van der Waals surface area contributed by atoms with Crippen LogP contribution in [0.15, 0.2) is 28.9 Å². The van der Waals surface area contributed by atoms with Crippen LogP contribution in [0.4, 0.5) is 5.82 Å². The summed E-state index contributed by atoms with van der Waals surface area (Å²) in [6.07, 6.45) is 3.22. The number of aliphatic hydroxyl groups is 1. The summed E-state index contributed by atoms with van der Waals surface area (Å²) in [6.45, 7) is 7.11. The van der Waals surface area contributed by atoms with Crippen LogP contribution in [0.25, 0.3) is 0 Å². The van der Waals surface area contributed by atoms with Gasteiger partial charge in [-0.15, -0.1) is 0 Å². The molecule has 1 unspecified atom stereocenters. The van der Waals surface area contributed by atoms with Gasteiger partial charge in [-0.25, -0.2) is 4.98 Å². The van der Waals surface area contributed by atoms with Crippen LogP contribution in [-0.4, -0.2) is 46.4 Å². The molecule has 0 bridgehead atoms. The first kappa shape index (κ1) is 18.4. The standard InChI is InChI=1S/C19H26N4O3/c1-13(2)17-16(14(3)26-22-17)18(24)21-11-19(25)8-6-10-23(12-19)15-7-4-5-9-20-15/h4-5,7,9,13,25H,6,8,10-12H2,1-3H3,(H,21,24). The maximum absolute atomic E-state index is 12.6. The van der Waals surface area contributed by atoms with E-state index in [0.717, 1.165) is 18.8 Å². The molecular formula is C19H26N4O3. The molecule has 1 atom stereocenters. The summed E-state index contributed by atoms with van der Waals surface area (Å²) in [6, 6.07) is 5.73. The molecule has 3 rings (SSSR count). The highest BCUT2D eigenvalue weighted by atomic mass is 16.5. The van der Waals surface area contributed by atoms with Gasteiger partial charge in [0, 0.05) is 25.8 Å². The van der Waals surface area contributed by atoms with Gasteiger partial charge in [0.15, 0.2) is 0 Å². The summed E-state index contributed by atoms with van der Waals surface area (Å²) in [7, 11) is 0. The lowest BCUT2D eigenvalue weighted by Gasteiger charge is -2.39. The minimum atomic E-state index is -0.992. The smallest absolute Gasteiger partial charge is 0.256 e. The number of aromatic nitrogens is 2. The van der Waals surface area contributed by atoms with E-state index in [1.165, 1.54) is 0 Å². The van der Waals surface area contributed by atoms with Crippen molar-refractivity contribution in [2.75, 3.05) is 24.5 Å². The highest BCUT2D eigenvalue weighted by molar-refractivity contribution is 5.96. The van der Waals surface area contributed by atoms with E-state index in [1.807, 2.05) is 32.0 Å². The maximum atomic E-state index is 12.6. The summed E-state index contributed by atoms with van der Waals surface area (Å²) in [5.41, 5.74) is 0.126. The summed E-state index contributed by atoms with van der Waals surface area (Å²) in [5, 5.41) is 17.8. The molecule has 7 nitrogen and oxygen atoms in total. The Morgan fingerprint density at radius 2 is 2.27 bits per heavy atom. The minimum Gasteiger partial charge on any atom is -0.386 e. The van der Waals surface area contributed by atoms with Crippen molar-refractivity contribution in [3.8, 4) is 0 Å². The SMILES string of the molecule is Cc1onc(C(C)C)c1C(=O)NCC1(O)CCCN(c2ccccn2)C1. The molecule has 0 spiro atoms. The van der Waals surface area contributed by atoms with Gasteiger partial charge < -0.3 is 19.8 Å². The second-order valence-corrected chi connectivity index (χ2v) is 7.27. The summed E-state index contributed by atoms with van der Waals surface area (Å²) in [5.74, 6) is 1.17. The number of carbonyl (C=O) groups excluding carboxylic acids is 1. The molecule has 26 heavy (non-hydrogen) atoms. The second kappa shape index (κ2) is 7.45. The van der Waals surface area contributed by atoms with Gasteiger partial charge >= 0.3 is 0 Å². The average Bonchev–Trinajstić information content (AvgIpc) is 3.02. The third-order valence-corrected chi connectivity index (χ3v) is 4.77. The molecule has 1 fully saturated rings. The zero-order valence-electron chi connectivity index (χ0n) is 15.5. The zero-order chi connectivity index (χ0) is 18.7. The molecule has 1 aliphatic rings. The lowest BCUT2D eigenvalue weighted by molar-refractivity contribution is 0.0254. The average molecular weight is 358 g/mol. The Morgan fingerprint density at radius 1 is 1.46 bits per heavy atom. The quantitative estimate of drug-likeness (QED) is 0.852. The first-order valence-electron chi connectivity index (χ1n) is 9.02. The van der Waals surface area contributed by atoms with E-state index in [2.05, 4.69) is 20.4 Å². The fourth-order valence-electron chi connectivity index (χ4n) is 3.39. The van der Waals surface area contributed by atoms with Crippen LogP contribution in [0.2, 0.25) is 0 Å². The van der Waals surface area contributed by atoms with Crippen molar-refractivity contribution in [3.63, 3.8) is 0 Å². The van der Waals surface area contributed by atoms with Crippen molar-refractivity contribution in [2.24, 2.45) is 0 Å². The lowest BCUT2D eigenvalue weighted by Crippen LogP contribution is -2.54. The first-order chi connectivity index (χ1) is 12.4. The van der Waals surface area contributed by atoms with Crippen LogP contribution in [-0.2, 0) is 0 Å². The molecule has 0 aliphatic carbocycles. The number of hydrogen-bond donors (Lipinski definition) is 2. The number of amides is 1. The molecule has 0 radical (unpaired) electrons. The molecule has 0 saturated carbocycles. The van der Waals surface area contributed by atoms with Gasteiger partial charge in [-0.1, -0.05) is 25.1 Å². The van der Waals surface area contributed by atoms with Crippen molar-refractivity contribution < 1.29 is 14.4 Å². The molecule has 3 heterocycles. The van der Waals surface area contributed by atoms with E-state index in [1.54, 1.807) is 13.1 Å². The zero-order valence-corrected chi connectivity index (χ0v) is 15.5. The van der Waals surface area contributed by atoms with Gasteiger partial charge in [0.25, 0.3) is 5.91 Å². The Balaban J connectivity index is 1.67. The molecule has 2 N–H and O–H groups in total. The second-order valence-electron chi connectivity index (χ2n) is 7.27. The minimum absolute atomic E-state index is 0.0885. The van der Waals surface area contributed by atoms with Crippen molar-refractivity contribution in [3.05, 3.63) is 41.4 Å². The van der Waals surface area contributed by atoms with Crippen LogP contribution in [0.3, 0.4) is 0 Å². The number of anilines is 1. The molecule has 1 amide bonds. The van der Waals surface area contributed by atoms with Crippen molar-refractivity contribution in [1.29, 1.82) is 0 Å². The van der Waals surface area contributed by atoms with E-state index < -0.39 is 5.60 Å². The van der Waals surface area contributed by atoms with Gasteiger partial charge in [-0.2, -0.15) is 0 Å². The van der Waals surface area contributed by atoms with Crippen LogP contribution in [0, 0.1) is 6.92 Å². The van der Waals surface area contributed by atoms with Crippen LogP contribution >= 0.6 is 0 Å². The number of nitrogens with one attached hydrogen (secondary N) is 1. The van der Waals surface area contributed by atoms with E-state index in [4.69, 9.17) is 4.52 Å². The van der Waals surface area contributed by atoms with Gasteiger partial charge in [-0.05, 0) is 37.8 Å². The third kappa shape index (κ3) is 3.88. The number of piperidine rings is 1. The number of hydrogen-bond acceptors (Lipinski definition) is 6. The Bertz CT molecular complexity index is 759. The molecule has 2 aromatic heterocycles. The molecule has 1 saturated heterocycles. The normalized spacial score (nSPS) is 20.4. The number of rotatable bonds is 5. The fraction of sp³-hybridized carbons (Fsp3) is 0.526. The molecule has 1 aliphatic heterocycles. The number of aryl methyl sites for hydroxylation is 1. The van der Waals surface area contributed by atoms with Gasteiger partial charge in [0.2, 0.25) is 0 Å². The highest BCUT2D eigenvalue weighted by Gasteiger charge is 2.35. The molecule has 140 valence electrons. The fourth-order valence-corrected chi connectivity index (χ4v) is 3.39. The topological polar surface area (TPSA) is 91.5 Å². The monoisotopic (exact) mass is 358 g/mol. The Hall–Kier alpha value is -2.41. The molecule has 0 aromatic carbocycles. The maximum Gasteiger partial charge on any atom is 0.256 e. The highest BCUT2D eigenvalue weighted by Crippen LogP contribution is 2.25. The van der Waals surface area contributed by atoms with E-state index in [-0.39, 0.29) is 18.4 Å². The first-order valence-corrected chi connectivity index (χ1v) is 9.02. The van der Waals surface area contributed by atoms with Crippen LogP contribution in [0.5, 0.6) is 0 Å². The van der Waals surface area contributed by atoms with Crippen molar-refractivity contribution >= 4 is 11.7 Å². The van der Waals surface area contributed by atoms with E-state index in [0.29, 0.717) is 30.0 Å². The van der Waals surface area contributed by atoms with Gasteiger partial charge in [0.1, 0.15) is 17.1 Å². The Morgan fingerprint density at radius 3 is 2.96 bits per heavy atom. The third-order valence-electron chi connectivity index (χ3n) is 4.77. The number of carbonyl (C=O) groups is 1. The predicted molar refractivity (Wildman–Crippen MR) is 98.3 cm³/mol. The predicted octanol–water partition coefficient (Wildman–Crippen LogP) is 2.26. The van der Waals surface area contributed by atoms with Crippen molar-refractivity contribution in [2.45, 2.75) is 45.1 Å². The van der Waals surface area contributed by atoms with E-state index in [9.17, 15) is 9.90 Å². The summed E-state index contributed by atoms with van der Waals surface area (Å²) in [4.78, 5) is 19.0. The van der Waals surface area contributed by atoms with Crippen LogP contribution in [0.1, 0.15) is 54.4 Å². The lowest BCUT2D eigenvalue weighted by atomic mass is 9.92. The largest absolute Gasteiger partial charge is 0.386 e. The van der Waals surface area contributed by atoms with E-state index >= 15 is 0 Å². The summed E-state index contributed by atoms with van der Waals surface area (Å²) >= 11 is 0. The molecule has 2 aromatic rings. The molecular weight excluding hydrogens is 332 g/mol. The Kier molecular flexibility index (Phi) is 5.27. The van der Waals surface area contributed by atoms with Gasteiger partial charge in [0.05, 0.1) is 11.3 Å². The number of nitrogens with zero attached hydrogens (tertiary/aromatic N) is 3. The molecule has 7 heteroatoms. The number of β-amino-alcohol motifs (C(OH)–C–C–N with tert-alkyl or cyclic N) is 1. The van der Waals surface area contributed by atoms with Crippen molar-refractivity contribution in [1.82, 2.24) is 15.5 Å². The summed E-state index contributed by atoms with van der Waals surface area (Å²) < 4.78 is 5.18.